The Morgan fingerprint density at radius 1 is 0.909 bits per heavy atom. The fraction of sp³-hybridized carbons (Fsp3) is 1.00. The van der Waals surface area contributed by atoms with Crippen LogP contribution in [-0.2, 0) is 4.74 Å². The first-order valence-corrected chi connectivity index (χ1v) is 4.84. The molecule has 0 saturated carbocycles. The summed E-state index contributed by atoms with van der Waals surface area (Å²) in [5.74, 6) is 0.865. The zero-order valence-electron chi connectivity index (χ0n) is 8.55. The van der Waals surface area contributed by atoms with Crippen molar-refractivity contribution < 1.29 is 4.74 Å². The molecule has 11 heavy (non-hydrogen) atoms. The maximum absolute atomic E-state index is 5.56. The Kier molecular flexibility index (Phi) is 5.57. The molecule has 0 aromatic rings. The summed E-state index contributed by atoms with van der Waals surface area (Å²) in [6.07, 6.45) is 3.46. The monoisotopic (exact) mass is 158 g/mol. The topological polar surface area (TPSA) is 9.23 Å². The third-order valence-electron chi connectivity index (χ3n) is 1.93. The average Bonchev–Trinajstić information content (AvgIpc) is 1.88. The maximum Gasteiger partial charge on any atom is 0.0553 e. The van der Waals surface area contributed by atoms with Crippen molar-refractivity contribution in [3.05, 3.63) is 0 Å². The second kappa shape index (κ2) is 5.59. The van der Waals surface area contributed by atoms with Gasteiger partial charge in [-0.05, 0) is 32.6 Å². The number of ether oxygens (including phenoxy) is 1. The lowest BCUT2D eigenvalue weighted by molar-refractivity contribution is -0.0485. The summed E-state index contributed by atoms with van der Waals surface area (Å²) >= 11 is 0. The summed E-state index contributed by atoms with van der Waals surface area (Å²) in [5.41, 5.74) is 0. The van der Waals surface area contributed by atoms with E-state index < -0.39 is 0 Å². The van der Waals surface area contributed by atoms with E-state index in [0.29, 0.717) is 12.2 Å². The summed E-state index contributed by atoms with van der Waals surface area (Å²) in [7, 11) is 0. The Labute approximate surface area is 71.1 Å². The molecule has 68 valence electrons. The van der Waals surface area contributed by atoms with Crippen LogP contribution in [-0.4, -0.2) is 12.2 Å². The lowest BCUT2D eigenvalue weighted by Crippen LogP contribution is -2.27. The summed E-state index contributed by atoms with van der Waals surface area (Å²) in [5, 5.41) is 0. The molecule has 0 unspecified atom stereocenters. The highest BCUT2D eigenvalue weighted by atomic mass is 16.5. The Morgan fingerprint density at radius 3 is 1.55 bits per heavy atom. The standard InChI is InChI=1S/C8H16O.C2H6/c1-6-4-7(2)9-8(3)5-6;1-2/h6-8H,4-5H2,1-3H3;1-2H3/t7-,8-;/m1./s1. The molecule has 2 atom stereocenters. The first kappa shape index (κ1) is 11.0. The van der Waals surface area contributed by atoms with Gasteiger partial charge in [0.05, 0.1) is 12.2 Å². The molecule has 1 heteroatoms. The van der Waals surface area contributed by atoms with Gasteiger partial charge < -0.3 is 4.74 Å². The summed E-state index contributed by atoms with van der Waals surface area (Å²) in [4.78, 5) is 0. The molecule has 0 radical (unpaired) electrons. The van der Waals surface area contributed by atoms with Crippen molar-refractivity contribution in [1.29, 1.82) is 0 Å². The molecule has 0 aromatic heterocycles. The van der Waals surface area contributed by atoms with Crippen molar-refractivity contribution in [1.82, 2.24) is 0 Å². The van der Waals surface area contributed by atoms with Gasteiger partial charge in [0.2, 0.25) is 0 Å². The van der Waals surface area contributed by atoms with Gasteiger partial charge in [-0.3, -0.25) is 0 Å². The predicted octanol–water partition coefficient (Wildman–Crippen LogP) is 3.24. The van der Waals surface area contributed by atoms with Gasteiger partial charge in [-0.2, -0.15) is 0 Å². The van der Waals surface area contributed by atoms with Gasteiger partial charge in [0.15, 0.2) is 0 Å². The van der Waals surface area contributed by atoms with Gasteiger partial charge >= 0.3 is 0 Å². The molecule has 1 aliphatic rings. The van der Waals surface area contributed by atoms with E-state index in [0.717, 1.165) is 5.92 Å². The summed E-state index contributed by atoms with van der Waals surface area (Å²) < 4.78 is 5.56. The van der Waals surface area contributed by atoms with E-state index in [9.17, 15) is 0 Å². The number of rotatable bonds is 0. The quantitative estimate of drug-likeness (QED) is 0.526. The molecule has 1 saturated heterocycles. The highest BCUT2D eigenvalue weighted by molar-refractivity contribution is 4.69. The average molecular weight is 158 g/mol. The van der Waals surface area contributed by atoms with Gasteiger partial charge in [0.1, 0.15) is 0 Å². The van der Waals surface area contributed by atoms with Crippen molar-refractivity contribution in [2.45, 2.75) is 59.7 Å². The summed E-state index contributed by atoms with van der Waals surface area (Å²) in [6, 6.07) is 0. The minimum atomic E-state index is 0.490. The fourth-order valence-electron chi connectivity index (χ4n) is 1.74. The van der Waals surface area contributed by atoms with Gasteiger partial charge in [0.25, 0.3) is 0 Å². The minimum absolute atomic E-state index is 0.490. The van der Waals surface area contributed by atoms with Crippen molar-refractivity contribution in [3.8, 4) is 0 Å². The Bertz CT molecular complexity index is 65.9. The molecule has 0 spiro atoms. The largest absolute Gasteiger partial charge is 0.376 e. The molecule has 0 bridgehead atoms. The van der Waals surface area contributed by atoms with Gasteiger partial charge in [-0.1, -0.05) is 20.8 Å². The van der Waals surface area contributed by atoms with Crippen LogP contribution in [0.25, 0.3) is 0 Å². The van der Waals surface area contributed by atoms with E-state index in [4.69, 9.17) is 4.74 Å². The van der Waals surface area contributed by atoms with Crippen molar-refractivity contribution in [3.63, 3.8) is 0 Å². The molecule has 0 aromatic carbocycles. The van der Waals surface area contributed by atoms with E-state index in [2.05, 4.69) is 20.8 Å². The van der Waals surface area contributed by atoms with Crippen LogP contribution in [0, 0.1) is 5.92 Å². The van der Waals surface area contributed by atoms with Crippen LogP contribution in [0.2, 0.25) is 0 Å². The van der Waals surface area contributed by atoms with E-state index in [1.165, 1.54) is 12.8 Å². The van der Waals surface area contributed by atoms with Crippen molar-refractivity contribution >= 4 is 0 Å². The highest BCUT2D eigenvalue weighted by Gasteiger charge is 2.20. The lowest BCUT2D eigenvalue weighted by atomic mass is 9.95. The molecule has 1 nitrogen and oxygen atoms in total. The molecule has 1 rings (SSSR count). The van der Waals surface area contributed by atoms with E-state index in [-0.39, 0.29) is 0 Å². The molecule has 1 fully saturated rings. The second-order valence-electron chi connectivity index (χ2n) is 3.33. The number of hydrogen-bond donors (Lipinski definition) is 0. The third-order valence-corrected chi connectivity index (χ3v) is 1.93. The molecular weight excluding hydrogens is 136 g/mol. The van der Waals surface area contributed by atoms with Crippen LogP contribution < -0.4 is 0 Å². The van der Waals surface area contributed by atoms with Crippen molar-refractivity contribution in [2.75, 3.05) is 0 Å². The Morgan fingerprint density at radius 2 is 1.27 bits per heavy atom. The fourth-order valence-corrected chi connectivity index (χ4v) is 1.74. The van der Waals surface area contributed by atoms with Gasteiger partial charge in [-0.25, -0.2) is 0 Å². The lowest BCUT2D eigenvalue weighted by Gasteiger charge is -2.29. The molecule has 0 amide bonds. The second-order valence-corrected chi connectivity index (χ2v) is 3.33. The zero-order chi connectivity index (χ0) is 8.85. The summed E-state index contributed by atoms with van der Waals surface area (Å²) in [6.45, 7) is 10.6. The first-order valence-electron chi connectivity index (χ1n) is 4.84. The highest BCUT2D eigenvalue weighted by Crippen LogP contribution is 2.23. The SMILES string of the molecule is CC.CC1C[C@@H](C)O[C@H](C)C1. The predicted molar refractivity (Wildman–Crippen MR) is 49.8 cm³/mol. The number of hydrogen-bond acceptors (Lipinski definition) is 1. The molecule has 1 heterocycles. The van der Waals surface area contributed by atoms with E-state index >= 15 is 0 Å². The Balaban J connectivity index is 0.000000461. The van der Waals surface area contributed by atoms with Crippen LogP contribution >= 0.6 is 0 Å². The van der Waals surface area contributed by atoms with Crippen LogP contribution in [0.15, 0.2) is 0 Å². The first-order chi connectivity index (χ1) is 5.18. The third kappa shape index (κ3) is 4.41. The molecule has 0 aliphatic carbocycles. The molecule has 1 aliphatic heterocycles. The van der Waals surface area contributed by atoms with Crippen LogP contribution in [0.4, 0.5) is 0 Å². The van der Waals surface area contributed by atoms with E-state index in [1.807, 2.05) is 13.8 Å². The van der Waals surface area contributed by atoms with Crippen LogP contribution in [0.1, 0.15) is 47.5 Å². The molecular formula is C10H22O. The normalized spacial score (nSPS) is 37.4. The zero-order valence-corrected chi connectivity index (χ0v) is 8.55. The van der Waals surface area contributed by atoms with Crippen LogP contribution in [0.3, 0.4) is 0 Å². The van der Waals surface area contributed by atoms with Crippen molar-refractivity contribution in [2.24, 2.45) is 5.92 Å². The maximum atomic E-state index is 5.56. The molecule has 0 N–H and O–H groups in total. The Hall–Kier alpha value is -0.0400. The van der Waals surface area contributed by atoms with Gasteiger partial charge in [-0.15, -0.1) is 0 Å². The van der Waals surface area contributed by atoms with Crippen LogP contribution in [0.5, 0.6) is 0 Å². The smallest absolute Gasteiger partial charge is 0.0553 e. The minimum Gasteiger partial charge on any atom is -0.376 e. The van der Waals surface area contributed by atoms with Gasteiger partial charge in [0, 0.05) is 0 Å². The van der Waals surface area contributed by atoms with E-state index in [1.54, 1.807) is 0 Å².